The SMILES string of the molecule is CCOC(=O)c1sc(N2C(=O)C(=O)C(=C(O)c3ccc(C)cc3)C2c2ccc([N+](=O)[O-])cc2)nc1C. The molecule has 10 nitrogen and oxygen atoms in total. The minimum Gasteiger partial charge on any atom is -0.507 e. The van der Waals surface area contributed by atoms with Crippen molar-refractivity contribution in [2.45, 2.75) is 26.8 Å². The monoisotopic (exact) mass is 507 g/mol. The van der Waals surface area contributed by atoms with E-state index in [9.17, 15) is 29.6 Å². The maximum Gasteiger partial charge on any atom is 0.350 e. The van der Waals surface area contributed by atoms with Crippen LogP contribution < -0.4 is 4.90 Å². The van der Waals surface area contributed by atoms with Gasteiger partial charge < -0.3 is 9.84 Å². The average Bonchev–Trinajstić information content (AvgIpc) is 3.36. The van der Waals surface area contributed by atoms with Crippen molar-refractivity contribution >= 4 is 45.6 Å². The van der Waals surface area contributed by atoms with Crippen molar-refractivity contribution in [3.63, 3.8) is 0 Å². The van der Waals surface area contributed by atoms with Gasteiger partial charge in [-0.05, 0) is 38.5 Å². The number of amides is 1. The summed E-state index contributed by atoms with van der Waals surface area (Å²) >= 11 is 0.883. The van der Waals surface area contributed by atoms with Crippen molar-refractivity contribution in [2.75, 3.05) is 11.5 Å². The van der Waals surface area contributed by atoms with Crippen molar-refractivity contribution < 1.29 is 29.2 Å². The number of nitro benzene ring substituents is 1. The Morgan fingerprint density at radius 2 is 1.78 bits per heavy atom. The van der Waals surface area contributed by atoms with Crippen LogP contribution in [0.3, 0.4) is 0 Å². The standard InChI is InChI=1S/C25H21N3O7S/c1-4-35-24(32)22-14(3)26-25(36-22)27-19(15-9-11-17(12-10-15)28(33)34)18(21(30)23(27)31)20(29)16-7-5-13(2)6-8-16/h5-12,19,29H,4H2,1-3H3. The second kappa shape index (κ2) is 9.70. The number of nitrogens with zero attached hydrogens (tertiary/aromatic N) is 3. The van der Waals surface area contributed by atoms with Gasteiger partial charge in [0.15, 0.2) is 5.13 Å². The number of aromatic nitrogens is 1. The number of non-ortho nitro benzene ring substituents is 1. The van der Waals surface area contributed by atoms with E-state index in [2.05, 4.69) is 4.98 Å². The highest BCUT2D eigenvalue weighted by atomic mass is 32.1. The molecule has 4 rings (SSSR count). The first-order chi connectivity index (χ1) is 17.1. The smallest absolute Gasteiger partial charge is 0.350 e. The van der Waals surface area contributed by atoms with Gasteiger partial charge in [0, 0.05) is 17.7 Å². The first-order valence-corrected chi connectivity index (χ1v) is 11.7. The van der Waals surface area contributed by atoms with E-state index in [1.54, 1.807) is 38.1 Å². The first-order valence-electron chi connectivity index (χ1n) is 10.9. The van der Waals surface area contributed by atoms with Crippen molar-refractivity contribution in [3.8, 4) is 0 Å². The van der Waals surface area contributed by atoms with Crippen LogP contribution in [0.15, 0.2) is 54.1 Å². The van der Waals surface area contributed by atoms with Crippen molar-refractivity contribution in [2.24, 2.45) is 0 Å². The van der Waals surface area contributed by atoms with E-state index in [1.165, 1.54) is 24.3 Å². The number of esters is 1. The number of rotatable bonds is 6. The van der Waals surface area contributed by atoms with Gasteiger partial charge >= 0.3 is 11.9 Å². The van der Waals surface area contributed by atoms with E-state index in [-0.39, 0.29) is 27.9 Å². The average molecular weight is 508 g/mol. The third-order valence-electron chi connectivity index (χ3n) is 5.64. The minimum atomic E-state index is -1.13. The summed E-state index contributed by atoms with van der Waals surface area (Å²) in [5.74, 6) is -2.89. The van der Waals surface area contributed by atoms with Crippen molar-refractivity contribution in [1.82, 2.24) is 4.98 Å². The minimum absolute atomic E-state index is 0.0592. The molecule has 1 unspecified atom stereocenters. The fourth-order valence-corrected chi connectivity index (χ4v) is 4.85. The van der Waals surface area contributed by atoms with Crippen molar-refractivity contribution in [3.05, 3.63) is 91.5 Å². The van der Waals surface area contributed by atoms with Crippen LogP contribution in [-0.2, 0) is 14.3 Å². The number of ether oxygens (including phenoxy) is 1. The maximum absolute atomic E-state index is 13.3. The summed E-state index contributed by atoms with van der Waals surface area (Å²) < 4.78 is 5.05. The molecule has 1 N–H and O–H groups in total. The second-order valence-electron chi connectivity index (χ2n) is 8.02. The third-order valence-corrected chi connectivity index (χ3v) is 6.78. The molecule has 11 heteroatoms. The van der Waals surface area contributed by atoms with Crippen LogP contribution in [0.5, 0.6) is 0 Å². The number of anilines is 1. The summed E-state index contributed by atoms with van der Waals surface area (Å²) in [5, 5.41) is 22.3. The van der Waals surface area contributed by atoms with Gasteiger partial charge in [-0.1, -0.05) is 41.2 Å². The predicted octanol–water partition coefficient (Wildman–Crippen LogP) is 4.47. The molecule has 1 aliphatic rings. The number of aliphatic hydroxyl groups excluding tert-OH is 1. The highest BCUT2D eigenvalue weighted by molar-refractivity contribution is 7.17. The molecule has 0 spiro atoms. The van der Waals surface area contributed by atoms with Gasteiger partial charge in [0.2, 0.25) is 0 Å². The molecule has 0 saturated carbocycles. The topological polar surface area (TPSA) is 140 Å². The lowest BCUT2D eigenvalue weighted by Crippen LogP contribution is -2.29. The van der Waals surface area contributed by atoms with E-state index in [4.69, 9.17) is 4.74 Å². The number of aryl methyl sites for hydroxylation is 2. The lowest BCUT2D eigenvalue weighted by Gasteiger charge is -2.23. The quantitative estimate of drug-likeness (QED) is 0.129. The van der Waals surface area contributed by atoms with Crippen LogP contribution >= 0.6 is 11.3 Å². The normalized spacial score (nSPS) is 16.9. The Kier molecular flexibility index (Phi) is 6.67. The summed E-state index contributed by atoms with van der Waals surface area (Å²) in [5.41, 5.74) is 1.55. The second-order valence-corrected chi connectivity index (χ2v) is 8.99. The summed E-state index contributed by atoms with van der Waals surface area (Å²) in [6, 6.07) is 10.9. The number of hydrogen-bond donors (Lipinski definition) is 1. The van der Waals surface area contributed by atoms with Crippen LogP contribution in [0.25, 0.3) is 5.76 Å². The molecule has 1 amide bonds. The highest BCUT2D eigenvalue weighted by Crippen LogP contribution is 2.44. The molecule has 1 fully saturated rings. The lowest BCUT2D eigenvalue weighted by molar-refractivity contribution is -0.384. The Morgan fingerprint density at radius 1 is 1.14 bits per heavy atom. The molecule has 2 aromatic carbocycles. The Bertz CT molecular complexity index is 1410. The molecular formula is C25H21N3O7S. The number of hydrogen-bond acceptors (Lipinski definition) is 9. The van der Waals surface area contributed by atoms with Gasteiger partial charge in [-0.3, -0.25) is 24.6 Å². The molecule has 184 valence electrons. The fraction of sp³-hybridized carbons (Fsp3) is 0.200. The molecule has 1 atom stereocenters. The molecule has 1 aliphatic heterocycles. The molecule has 1 saturated heterocycles. The number of Topliss-reactive ketones (excluding diaryl/α,β-unsaturated/α-hetero) is 1. The molecule has 3 aromatic rings. The molecule has 36 heavy (non-hydrogen) atoms. The zero-order valence-electron chi connectivity index (χ0n) is 19.5. The van der Waals surface area contributed by atoms with E-state index >= 15 is 0 Å². The van der Waals surface area contributed by atoms with Gasteiger partial charge in [-0.15, -0.1) is 0 Å². The molecule has 0 aliphatic carbocycles. The van der Waals surface area contributed by atoms with Gasteiger partial charge in [0.05, 0.1) is 28.8 Å². The highest BCUT2D eigenvalue weighted by Gasteiger charge is 2.48. The summed E-state index contributed by atoms with van der Waals surface area (Å²) in [7, 11) is 0. The number of thiazole rings is 1. The molecule has 2 heterocycles. The Morgan fingerprint density at radius 3 is 2.36 bits per heavy atom. The Labute approximate surface area is 209 Å². The van der Waals surface area contributed by atoms with E-state index in [1.807, 2.05) is 6.92 Å². The third kappa shape index (κ3) is 4.36. The zero-order chi connectivity index (χ0) is 26.1. The Balaban J connectivity index is 1.91. The number of benzene rings is 2. The first kappa shape index (κ1) is 24.7. The molecule has 0 bridgehead atoms. The van der Waals surface area contributed by atoms with Crippen LogP contribution in [0.4, 0.5) is 10.8 Å². The predicted molar refractivity (Wildman–Crippen MR) is 132 cm³/mol. The number of carbonyl (C=O) groups excluding carboxylic acids is 3. The Hall–Kier alpha value is -4.38. The lowest BCUT2D eigenvalue weighted by atomic mass is 9.95. The van der Waals surface area contributed by atoms with Gasteiger partial charge in [-0.2, -0.15) is 0 Å². The van der Waals surface area contributed by atoms with Crippen LogP contribution in [0.2, 0.25) is 0 Å². The van der Waals surface area contributed by atoms with Gasteiger partial charge in [-0.25, -0.2) is 9.78 Å². The zero-order valence-corrected chi connectivity index (χ0v) is 20.4. The van der Waals surface area contributed by atoms with E-state index < -0.39 is 34.4 Å². The van der Waals surface area contributed by atoms with Crippen molar-refractivity contribution in [1.29, 1.82) is 0 Å². The summed E-state index contributed by atoms with van der Waals surface area (Å²) in [4.78, 5) is 55.0. The molecular weight excluding hydrogens is 486 g/mol. The van der Waals surface area contributed by atoms with Gasteiger partial charge in [0.1, 0.15) is 10.6 Å². The van der Waals surface area contributed by atoms with E-state index in [0.29, 0.717) is 16.8 Å². The fourth-order valence-electron chi connectivity index (χ4n) is 3.86. The van der Waals surface area contributed by atoms with Gasteiger partial charge in [0.25, 0.3) is 11.5 Å². The number of carbonyl (C=O) groups is 3. The largest absolute Gasteiger partial charge is 0.507 e. The van der Waals surface area contributed by atoms with E-state index in [0.717, 1.165) is 21.8 Å². The number of nitro groups is 1. The van der Waals surface area contributed by atoms with Crippen LogP contribution in [0, 0.1) is 24.0 Å². The maximum atomic E-state index is 13.3. The van der Waals surface area contributed by atoms with Crippen LogP contribution in [0.1, 0.15) is 45.0 Å². The molecule has 0 radical (unpaired) electrons. The number of aliphatic hydroxyl groups is 1. The number of ketones is 1. The summed E-state index contributed by atoms with van der Waals surface area (Å²) in [6.45, 7) is 5.25. The molecule has 1 aromatic heterocycles. The summed E-state index contributed by atoms with van der Waals surface area (Å²) in [6.07, 6.45) is 0. The van der Waals surface area contributed by atoms with Crippen LogP contribution in [-0.4, -0.2) is 39.3 Å².